The zero-order valence-corrected chi connectivity index (χ0v) is 7.31. The van der Waals surface area contributed by atoms with Gasteiger partial charge in [-0.1, -0.05) is 0 Å². The minimum atomic E-state index is 0.189. The van der Waals surface area contributed by atoms with Crippen molar-refractivity contribution in [1.29, 1.82) is 0 Å². The van der Waals surface area contributed by atoms with Gasteiger partial charge in [0.15, 0.2) is 5.82 Å². The second kappa shape index (κ2) is 3.45. The van der Waals surface area contributed by atoms with E-state index in [-0.39, 0.29) is 5.28 Å². The Hall–Kier alpha value is -1.55. The van der Waals surface area contributed by atoms with Crippen LogP contribution in [0.5, 0.6) is 0 Å². The standard InChI is InChI=1S/C8H5ClN4/c9-8-12-5-11-7(13-8)6-2-1-3-10-4-6/h1-5H. The first-order valence-electron chi connectivity index (χ1n) is 3.61. The van der Waals surface area contributed by atoms with Gasteiger partial charge in [0.1, 0.15) is 6.33 Å². The lowest BCUT2D eigenvalue weighted by Gasteiger charge is -1.96. The van der Waals surface area contributed by atoms with Gasteiger partial charge in [-0.25, -0.2) is 9.97 Å². The highest BCUT2D eigenvalue weighted by Crippen LogP contribution is 2.12. The Kier molecular flexibility index (Phi) is 2.14. The average Bonchev–Trinajstić information content (AvgIpc) is 2.19. The lowest BCUT2D eigenvalue weighted by Crippen LogP contribution is -1.91. The minimum absolute atomic E-state index is 0.189. The van der Waals surface area contributed by atoms with Crippen molar-refractivity contribution in [2.75, 3.05) is 0 Å². The predicted octanol–water partition coefficient (Wildman–Crippen LogP) is 1.59. The van der Waals surface area contributed by atoms with Crippen LogP contribution in [0.25, 0.3) is 11.4 Å². The summed E-state index contributed by atoms with van der Waals surface area (Å²) in [6.45, 7) is 0. The van der Waals surface area contributed by atoms with Crippen LogP contribution in [0.15, 0.2) is 30.9 Å². The van der Waals surface area contributed by atoms with Gasteiger partial charge in [0.25, 0.3) is 0 Å². The molecule has 0 amide bonds. The van der Waals surface area contributed by atoms with E-state index in [2.05, 4.69) is 19.9 Å². The Morgan fingerprint density at radius 1 is 1.23 bits per heavy atom. The largest absolute Gasteiger partial charge is 0.264 e. The monoisotopic (exact) mass is 192 g/mol. The number of pyridine rings is 1. The van der Waals surface area contributed by atoms with E-state index in [1.807, 2.05) is 12.1 Å². The average molecular weight is 193 g/mol. The molecule has 0 aromatic carbocycles. The van der Waals surface area contributed by atoms with Crippen LogP contribution in [0, 0.1) is 0 Å². The van der Waals surface area contributed by atoms with Gasteiger partial charge in [0.05, 0.1) is 0 Å². The summed E-state index contributed by atoms with van der Waals surface area (Å²) in [5.41, 5.74) is 0.826. The van der Waals surface area contributed by atoms with E-state index in [1.165, 1.54) is 6.33 Å². The molecule has 0 N–H and O–H groups in total. The molecule has 2 aromatic rings. The Bertz CT molecular complexity index is 404. The molecule has 0 unspecified atom stereocenters. The molecule has 0 bridgehead atoms. The molecular weight excluding hydrogens is 188 g/mol. The highest BCUT2D eigenvalue weighted by atomic mass is 35.5. The Labute approximate surface area is 79.7 Å². The Morgan fingerprint density at radius 2 is 2.15 bits per heavy atom. The summed E-state index contributed by atoms with van der Waals surface area (Å²) in [5, 5.41) is 0.189. The maximum atomic E-state index is 5.61. The van der Waals surface area contributed by atoms with Crippen LogP contribution in [0.4, 0.5) is 0 Å². The Balaban J connectivity index is 2.48. The van der Waals surface area contributed by atoms with Crippen molar-refractivity contribution >= 4 is 11.6 Å². The van der Waals surface area contributed by atoms with E-state index < -0.39 is 0 Å². The molecule has 4 nitrogen and oxygen atoms in total. The van der Waals surface area contributed by atoms with E-state index in [1.54, 1.807) is 12.4 Å². The smallest absolute Gasteiger partial charge is 0.225 e. The van der Waals surface area contributed by atoms with Gasteiger partial charge in [-0.05, 0) is 23.7 Å². The first kappa shape index (κ1) is 8.07. The number of hydrogen-bond donors (Lipinski definition) is 0. The zero-order valence-electron chi connectivity index (χ0n) is 6.55. The van der Waals surface area contributed by atoms with E-state index in [0.717, 1.165) is 5.56 Å². The third kappa shape index (κ3) is 1.78. The molecule has 0 aliphatic carbocycles. The lowest BCUT2D eigenvalue weighted by molar-refractivity contribution is 1.05. The quantitative estimate of drug-likeness (QED) is 0.689. The number of halogens is 1. The first-order chi connectivity index (χ1) is 6.36. The molecule has 0 atom stereocenters. The highest BCUT2D eigenvalue weighted by molar-refractivity contribution is 6.28. The summed E-state index contributed by atoms with van der Waals surface area (Å²) in [7, 11) is 0. The SMILES string of the molecule is Clc1ncnc(-c2cccnc2)n1. The fourth-order valence-electron chi connectivity index (χ4n) is 0.910. The van der Waals surface area contributed by atoms with Crippen molar-refractivity contribution in [3.05, 3.63) is 36.1 Å². The highest BCUT2D eigenvalue weighted by Gasteiger charge is 2.00. The summed E-state index contributed by atoms with van der Waals surface area (Å²) in [6.07, 6.45) is 4.73. The molecule has 0 aliphatic rings. The number of nitrogens with zero attached hydrogens (tertiary/aromatic N) is 4. The minimum Gasteiger partial charge on any atom is -0.264 e. The van der Waals surface area contributed by atoms with E-state index in [4.69, 9.17) is 11.6 Å². The number of rotatable bonds is 1. The molecule has 0 aliphatic heterocycles. The second-order valence-corrected chi connectivity index (χ2v) is 2.66. The Morgan fingerprint density at radius 3 is 2.85 bits per heavy atom. The molecule has 0 saturated carbocycles. The molecule has 2 aromatic heterocycles. The fourth-order valence-corrected chi connectivity index (χ4v) is 1.03. The maximum absolute atomic E-state index is 5.61. The van der Waals surface area contributed by atoms with Gasteiger partial charge in [-0.15, -0.1) is 0 Å². The van der Waals surface area contributed by atoms with Gasteiger partial charge in [0.2, 0.25) is 5.28 Å². The van der Waals surface area contributed by atoms with Crippen molar-refractivity contribution in [3.63, 3.8) is 0 Å². The van der Waals surface area contributed by atoms with Crippen LogP contribution >= 0.6 is 11.6 Å². The lowest BCUT2D eigenvalue weighted by atomic mass is 10.3. The third-order valence-corrected chi connectivity index (χ3v) is 1.64. The van der Waals surface area contributed by atoms with Crippen molar-refractivity contribution in [2.24, 2.45) is 0 Å². The third-order valence-electron chi connectivity index (χ3n) is 1.46. The van der Waals surface area contributed by atoms with Crippen LogP contribution in [0.3, 0.4) is 0 Å². The summed E-state index contributed by atoms with van der Waals surface area (Å²) in [6, 6.07) is 3.67. The fraction of sp³-hybridized carbons (Fsp3) is 0. The molecule has 2 heterocycles. The molecular formula is C8H5ClN4. The van der Waals surface area contributed by atoms with Gasteiger partial charge >= 0.3 is 0 Å². The molecule has 5 heteroatoms. The topological polar surface area (TPSA) is 51.6 Å². The summed E-state index contributed by atoms with van der Waals surface area (Å²) < 4.78 is 0. The molecule has 2 rings (SSSR count). The van der Waals surface area contributed by atoms with Gasteiger partial charge in [0, 0.05) is 18.0 Å². The number of hydrogen-bond acceptors (Lipinski definition) is 4. The second-order valence-electron chi connectivity index (χ2n) is 2.32. The molecule has 0 spiro atoms. The van der Waals surface area contributed by atoms with E-state index >= 15 is 0 Å². The summed E-state index contributed by atoms with van der Waals surface area (Å²) >= 11 is 5.61. The summed E-state index contributed by atoms with van der Waals surface area (Å²) in [5.74, 6) is 0.535. The molecule has 0 saturated heterocycles. The molecule has 13 heavy (non-hydrogen) atoms. The van der Waals surface area contributed by atoms with Crippen molar-refractivity contribution in [3.8, 4) is 11.4 Å². The van der Waals surface area contributed by atoms with Gasteiger partial charge in [-0.2, -0.15) is 4.98 Å². The predicted molar refractivity (Wildman–Crippen MR) is 48.1 cm³/mol. The van der Waals surface area contributed by atoms with Crippen molar-refractivity contribution in [1.82, 2.24) is 19.9 Å². The normalized spacial score (nSPS) is 9.92. The van der Waals surface area contributed by atoms with Crippen LogP contribution in [0.1, 0.15) is 0 Å². The molecule has 0 fully saturated rings. The molecule has 64 valence electrons. The molecule has 0 radical (unpaired) electrons. The van der Waals surface area contributed by atoms with E-state index in [0.29, 0.717) is 5.82 Å². The summed E-state index contributed by atoms with van der Waals surface area (Å²) in [4.78, 5) is 15.5. The van der Waals surface area contributed by atoms with Crippen LogP contribution in [-0.4, -0.2) is 19.9 Å². The van der Waals surface area contributed by atoms with Crippen LogP contribution in [-0.2, 0) is 0 Å². The van der Waals surface area contributed by atoms with Crippen LogP contribution in [0.2, 0.25) is 5.28 Å². The van der Waals surface area contributed by atoms with Crippen LogP contribution < -0.4 is 0 Å². The van der Waals surface area contributed by atoms with Gasteiger partial charge < -0.3 is 0 Å². The number of aromatic nitrogens is 4. The zero-order chi connectivity index (χ0) is 9.10. The van der Waals surface area contributed by atoms with Crippen molar-refractivity contribution in [2.45, 2.75) is 0 Å². The maximum Gasteiger partial charge on any atom is 0.225 e. The van der Waals surface area contributed by atoms with Gasteiger partial charge in [-0.3, -0.25) is 4.98 Å². The van der Waals surface area contributed by atoms with E-state index in [9.17, 15) is 0 Å². The van der Waals surface area contributed by atoms with Crippen molar-refractivity contribution < 1.29 is 0 Å². The first-order valence-corrected chi connectivity index (χ1v) is 3.99.